The van der Waals surface area contributed by atoms with Crippen molar-refractivity contribution in [3.63, 3.8) is 0 Å². The van der Waals surface area contributed by atoms with E-state index in [9.17, 15) is 4.79 Å². The Hall–Kier alpha value is -2.63. The van der Waals surface area contributed by atoms with Gasteiger partial charge in [-0.15, -0.1) is 0 Å². The molecule has 112 valence electrons. The summed E-state index contributed by atoms with van der Waals surface area (Å²) in [6.07, 6.45) is 1.81. The number of benzene rings is 1. The fourth-order valence-electron chi connectivity index (χ4n) is 2.05. The summed E-state index contributed by atoms with van der Waals surface area (Å²) in [5.41, 5.74) is 1.12. The van der Waals surface area contributed by atoms with Crippen molar-refractivity contribution in [2.75, 3.05) is 26.6 Å². The van der Waals surface area contributed by atoms with Gasteiger partial charge in [-0.2, -0.15) is 0 Å². The minimum atomic E-state index is -0.211. The molecule has 0 aliphatic heterocycles. The molecule has 1 amide bonds. The van der Waals surface area contributed by atoms with Crippen molar-refractivity contribution >= 4 is 11.6 Å². The second kappa shape index (κ2) is 6.21. The normalized spacial score (nSPS) is 10.1. The zero-order valence-electron chi connectivity index (χ0n) is 12.5. The lowest BCUT2D eigenvalue weighted by Gasteiger charge is -2.14. The summed E-state index contributed by atoms with van der Waals surface area (Å²) in [6, 6.07) is 6.92. The van der Waals surface area contributed by atoms with Crippen molar-refractivity contribution in [3.8, 4) is 17.2 Å². The molecule has 0 aliphatic carbocycles. The third kappa shape index (κ3) is 2.94. The largest absolute Gasteiger partial charge is 0.493 e. The lowest BCUT2D eigenvalue weighted by molar-refractivity contribution is 0.101. The Labute approximate surface area is 123 Å². The van der Waals surface area contributed by atoms with E-state index in [1.54, 1.807) is 22.8 Å². The minimum absolute atomic E-state index is 0.211. The van der Waals surface area contributed by atoms with Gasteiger partial charge in [0.2, 0.25) is 5.75 Å². The molecule has 1 aromatic carbocycles. The van der Waals surface area contributed by atoms with Crippen molar-refractivity contribution in [1.29, 1.82) is 0 Å². The van der Waals surface area contributed by atoms with Crippen LogP contribution in [0.25, 0.3) is 0 Å². The van der Waals surface area contributed by atoms with Crippen LogP contribution in [0.4, 0.5) is 5.69 Å². The molecule has 6 nitrogen and oxygen atoms in total. The van der Waals surface area contributed by atoms with Gasteiger partial charge in [-0.25, -0.2) is 0 Å². The summed E-state index contributed by atoms with van der Waals surface area (Å²) in [6.45, 7) is 0. The molecule has 0 radical (unpaired) electrons. The first-order chi connectivity index (χ1) is 10.1. The van der Waals surface area contributed by atoms with Crippen LogP contribution in [-0.2, 0) is 7.05 Å². The molecule has 0 saturated heterocycles. The number of amides is 1. The maximum Gasteiger partial charge on any atom is 0.272 e. The summed E-state index contributed by atoms with van der Waals surface area (Å²) < 4.78 is 17.5. The van der Waals surface area contributed by atoms with E-state index in [1.807, 2.05) is 19.3 Å². The highest BCUT2D eigenvalue weighted by atomic mass is 16.5. The van der Waals surface area contributed by atoms with Crippen molar-refractivity contribution in [1.82, 2.24) is 4.57 Å². The molecule has 2 rings (SSSR count). The van der Waals surface area contributed by atoms with Crippen LogP contribution in [0.15, 0.2) is 30.5 Å². The summed E-state index contributed by atoms with van der Waals surface area (Å²) in [5.74, 6) is 1.24. The Morgan fingerprint density at radius 2 is 1.71 bits per heavy atom. The van der Waals surface area contributed by atoms with Crippen LogP contribution in [0.2, 0.25) is 0 Å². The van der Waals surface area contributed by atoms with Gasteiger partial charge in [0.25, 0.3) is 5.91 Å². The molecular formula is C15H18N2O4. The SMILES string of the molecule is COc1cc(NC(=O)c2cccn2C)cc(OC)c1OC. The number of aryl methyl sites for hydroxylation is 1. The zero-order valence-corrected chi connectivity index (χ0v) is 12.5. The molecule has 21 heavy (non-hydrogen) atoms. The highest BCUT2D eigenvalue weighted by Gasteiger charge is 2.15. The quantitative estimate of drug-likeness (QED) is 0.918. The molecule has 0 spiro atoms. The van der Waals surface area contributed by atoms with Crippen LogP contribution in [0.3, 0.4) is 0 Å². The van der Waals surface area contributed by atoms with Gasteiger partial charge in [-0.3, -0.25) is 4.79 Å². The number of rotatable bonds is 5. The predicted molar refractivity (Wildman–Crippen MR) is 79.5 cm³/mol. The Morgan fingerprint density at radius 3 is 2.14 bits per heavy atom. The van der Waals surface area contributed by atoms with E-state index in [2.05, 4.69) is 5.32 Å². The molecule has 0 atom stereocenters. The van der Waals surface area contributed by atoms with Crippen LogP contribution < -0.4 is 19.5 Å². The van der Waals surface area contributed by atoms with Crippen LogP contribution >= 0.6 is 0 Å². The molecule has 0 saturated carbocycles. The monoisotopic (exact) mass is 290 g/mol. The van der Waals surface area contributed by atoms with E-state index >= 15 is 0 Å². The molecule has 0 bridgehead atoms. The van der Waals surface area contributed by atoms with Gasteiger partial charge in [-0.1, -0.05) is 0 Å². The van der Waals surface area contributed by atoms with E-state index in [0.717, 1.165) is 0 Å². The fourth-order valence-corrected chi connectivity index (χ4v) is 2.05. The van der Waals surface area contributed by atoms with Crippen molar-refractivity contribution in [2.45, 2.75) is 0 Å². The molecule has 0 unspecified atom stereocenters. The molecular weight excluding hydrogens is 272 g/mol. The Balaban J connectivity index is 2.32. The van der Waals surface area contributed by atoms with Gasteiger partial charge < -0.3 is 24.1 Å². The highest BCUT2D eigenvalue weighted by Crippen LogP contribution is 2.39. The van der Waals surface area contributed by atoms with Gasteiger partial charge in [-0.05, 0) is 12.1 Å². The molecule has 0 fully saturated rings. The molecule has 1 aromatic heterocycles. The van der Waals surface area contributed by atoms with E-state index in [4.69, 9.17) is 14.2 Å². The topological polar surface area (TPSA) is 61.7 Å². The number of nitrogens with one attached hydrogen (secondary N) is 1. The van der Waals surface area contributed by atoms with Gasteiger partial charge in [0, 0.05) is 31.1 Å². The number of aromatic nitrogens is 1. The van der Waals surface area contributed by atoms with E-state index < -0.39 is 0 Å². The number of carbonyl (C=O) groups is 1. The van der Waals surface area contributed by atoms with E-state index in [-0.39, 0.29) is 5.91 Å². The average molecular weight is 290 g/mol. The molecule has 1 N–H and O–H groups in total. The second-order valence-corrected chi connectivity index (χ2v) is 4.37. The highest BCUT2D eigenvalue weighted by molar-refractivity contribution is 6.03. The number of nitrogens with zero attached hydrogens (tertiary/aromatic N) is 1. The predicted octanol–water partition coefficient (Wildman–Crippen LogP) is 2.30. The van der Waals surface area contributed by atoms with Crippen molar-refractivity contribution in [2.24, 2.45) is 7.05 Å². The van der Waals surface area contributed by atoms with Crippen LogP contribution in [-0.4, -0.2) is 31.8 Å². The lowest BCUT2D eigenvalue weighted by atomic mass is 10.2. The first kappa shape index (κ1) is 14.8. The Bertz CT molecular complexity index is 624. The average Bonchev–Trinajstić information content (AvgIpc) is 2.92. The number of carbonyl (C=O) groups excluding carboxylic acids is 1. The number of anilines is 1. The lowest BCUT2D eigenvalue weighted by Crippen LogP contribution is -2.15. The van der Waals surface area contributed by atoms with Gasteiger partial charge in [0.15, 0.2) is 11.5 Å². The van der Waals surface area contributed by atoms with E-state index in [1.165, 1.54) is 21.3 Å². The summed E-state index contributed by atoms with van der Waals surface area (Å²) in [5, 5.41) is 2.81. The van der Waals surface area contributed by atoms with Crippen molar-refractivity contribution in [3.05, 3.63) is 36.2 Å². The smallest absolute Gasteiger partial charge is 0.272 e. The van der Waals surface area contributed by atoms with Crippen LogP contribution in [0.5, 0.6) is 17.2 Å². The Morgan fingerprint density at radius 1 is 1.10 bits per heavy atom. The van der Waals surface area contributed by atoms with Crippen LogP contribution in [0, 0.1) is 0 Å². The maximum absolute atomic E-state index is 12.2. The summed E-state index contributed by atoms with van der Waals surface area (Å²) in [7, 11) is 6.40. The third-order valence-corrected chi connectivity index (χ3v) is 3.10. The summed E-state index contributed by atoms with van der Waals surface area (Å²) >= 11 is 0. The molecule has 2 aromatic rings. The van der Waals surface area contributed by atoms with Gasteiger partial charge in [0.05, 0.1) is 21.3 Å². The first-order valence-electron chi connectivity index (χ1n) is 6.33. The van der Waals surface area contributed by atoms with Gasteiger partial charge >= 0.3 is 0 Å². The Kier molecular flexibility index (Phi) is 4.37. The third-order valence-electron chi connectivity index (χ3n) is 3.10. The maximum atomic E-state index is 12.2. The summed E-state index contributed by atoms with van der Waals surface area (Å²) in [4.78, 5) is 12.2. The van der Waals surface area contributed by atoms with Gasteiger partial charge in [0.1, 0.15) is 5.69 Å². The first-order valence-corrected chi connectivity index (χ1v) is 6.33. The number of hydrogen-bond donors (Lipinski definition) is 1. The molecule has 0 aliphatic rings. The zero-order chi connectivity index (χ0) is 15.4. The standard InChI is InChI=1S/C15H18N2O4/c1-17-7-5-6-11(17)15(18)16-10-8-12(19-2)14(21-4)13(9-10)20-3/h5-9H,1-4H3,(H,16,18). The number of hydrogen-bond acceptors (Lipinski definition) is 4. The molecule has 1 heterocycles. The van der Waals surface area contributed by atoms with E-state index in [0.29, 0.717) is 28.6 Å². The minimum Gasteiger partial charge on any atom is -0.493 e. The number of methoxy groups -OCH3 is 3. The second-order valence-electron chi connectivity index (χ2n) is 4.37. The van der Waals surface area contributed by atoms with Crippen LogP contribution in [0.1, 0.15) is 10.5 Å². The number of ether oxygens (including phenoxy) is 3. The fraction of sp³-hybridized carbons (Fsp3) is 0.267. The molecule has 6 heteroatoms. The van der Waals surface area contributed by atoms with Crippen molar-refractivity contribution < 1.29 is 19.0 Å².